The number of aryl methyl sites for hydroxylation is 1. The molecule has 0 radical (unpaired) electrons. The molecule has 1 rings (SSSR count). The molecule has 0 aromatic carbocycles. The van der Waals surface area contributed by atoms with Crippen molar-refractivity contribution in [3.8, 4) is 0 Å². The molecule has 0 fully saturated rings. The molecule has 2 N–H and O–H groups in total. The van der Waals surface area contributed by atoms with E-state index in [2.05, 4.69) is 5.32 Å². The van der Waals surface area contributed by atoms with Crippen molar-refractivity contribution < 1.29 is 14.7 Å². The number of aromatic carboxylic acids is 1. The average molecular weight is 287 g/mol. The summed E-state index contributed by atoms with van der Waals surface area (Å²) in [6.07, 6.45) is 0. The van der Waals surface area contributed by atoms with E-state index in [1.807, 2.05) is 20.8 Å². The molecule has 0 bridgehead atoms. The van der Waals surface area contributed by atoms with Crippen molar-refractivity contribution in [3.63, 3.8) is 0 Å². The van der Waals surface area contributed by atoms with E-state index in [-0.39, 0.29) is 11.9 Å². The van der Waals surface area contributed by atoms with E-state index >= 15 is 0 Å². The Kier molecular flexibility index (Phi) is 5.68. The zero-order chi connectivity index (χ0) is 13.7. The fourth-order valence-corrected chi connectivity index (χ4v) is 3.25. The van der Waals surface area contributed by atoms with Crippen LogP contribution in [0.25, 0.3) is 0 Å². The molecule has 0 saturated heterocycles. The number of nitrogens with one attached hydrogen (secondary N) is 1. The number of hydrogen-bond acceptors (Lipinski definition) is 4. The van der Waals surface area contributed by atoms with Crippen molar-refractivity contribution in [2.45, 2.75) is 32.6 Å². The lowest BCUT2D eigenvalue weighted by molar-refractivity contribution is -0.119. The summed E-state index contributed by atoms with van der Waals surface area (Å²) in [6.45, 7) is 5.75. The molecule has 0 atom stereocenters. The molecule has 1 amide bonds. The van der Waals surface area contributed by atoms with Crippen molar-refractivity contribution in [2.24, 2.45) is 0 Å². The topological polar surface area (TPSA) is 66.4 Å². The second-order valence-corrected chi connectivity index (χ2v) is 6.45. The van der Waals surface area contributed by atoms with E-state index in [9.17, 15) is 9.59 Å². The van der Waals surface area contributed by atoms with Gasteiger partial charge >= 0.3 is 5.97 Å². The lowest BCUT2D eigenvalue weighted by Crippen LogP contribution is -2.31. The predicted octanol–water partition coefficient (Wildman–Crippen LogP) is 2.51. The quantitative estimate of drug-likeness (QED) is 0.843. The summed E-state index contributed by atoms with van der Waals surface area (Å²) in [5, 5.41) is 11.7. The molecular formula is C12H17NO3S2. The molecule has 0 saturated carbocycles. The smallest absolute Gasteiger partial charge is 0.345 e. The van der Waals surface area contributed by atoms with Crippen LogP contribution in [0.15, 0.2) is 6.07 Å². The van der Waals surface area contributed by atoms with Gasteiger partial charge in [-0.15, -0.1) is 23.1 Å². The molecule has 18 heavy (non-hydrogen) atoms. The summed E-state index contributed by atoms with van der Waals surface area (Å²) in [5.74, 6) is 0.190. The standard InChI is InChI=1S/C12H17NO3S2/c1-7(2)13-11(14)6-17-5-9-4-10(12(15)16)18-8(9)3/h4,7H,5-6H2,1-3H3,(H,13,14)(H,15,16). The first-order valence-electron chi connectivity index (χ1n) is 5.60. The Bertz CT molecular complexity index is 441. The van der Waals surface area contributed by atoms with Gasteiger partial charge in [0.1, 0.15) is 4.88 Å². The Morgan fingerprint density at radius 1 is 1.50 bits per heavy atom. The van der Waals surface area contributed by atoms with Crippen molar-refractivity contribution in [2.75, 3.05) is 5.75 Å². The maximum Gasteiger partial charge on any atom is 0.345 e. The third kappa shape index (κ3) is 4.70. The SMILES string of the molecule is Cc1sc(C(=O)O)cc1CSCC(=O)NC(C)C. The van der Waals surface area contributed by atoms with Crippen LogP contribution in [0.3, 0.4) is 0 Å². The number of carbonyl (C=O) groups is 2. The van der Waals surface area contributed by atoms with Crippen LogP contribution in [-0.2, 0) is 10.5 Å². The van der Waals surface area contributed by atoms with E-state index in [4.69, 9.17) is 5.11 Å². The lowest BCUT2D eigenvalue weighted by Gasteiger charge is -2.07. The van der Waals surface area contributed by atoms with Crippen LogP contribution >= 0.6 is 23.1 Å². The maximum absolute atomic E-state index is 11.4. The molecule has 6 heteroatoms. The van der Waals surface area contributed by atoms with Crippen LogP contribution in [0.5, 0.6) is 0 Å². The Hall–Kier alpha value is -1.01. The molecule has 1 heterocycles. The number of amides is 1. The third-order valence-electron chi connectivity index (χ3n) is 2.17. The van der Waals surface area contributed by atoms with Crippen LogP contribution < -0.4 is 5.32 Å². The van der Waals surface area contributed by atoms with Crippen LogP contribution in [0, 0.1) is 6.92 Å². The first-order valence-corrected chi connectivity index (χ1v) is 7.57. The van der Waals surface area contributed by atoms with Gasteiger partial charge in [0, 0.05) is 16.7 Å². The molecule has 0 aliphatic carbocycles. The first-order chi connectivity index (χ1) is 8.40. The molecule has 1 aromatic rings. The third-order valence-corrected chi connectivity index (χ3v) is 4.23. The van der Waals surface area contributed by atoms with E-state index in [1.54, 1.807) is 6.07 Å². The summed E-state index contributed by atoms with van der Waals surface area (Å²) < 4.78 is 0. The zero-order valence-electron chi connectivity index (χ0n) is 10.6. The monoisotopic (exact) mass is 287 g/mol. The van der Waals surface area contributed by atoms with Gasteiger partial charge in [0.05, 0.1) is 5.75 Å². The average Bonchev–Trinajstić information content (AvgIpc) is 2.59. The molecule has 1 aromatic heterocycles. The number of hydrogen-bond donors (Lipinski definition) is 2. The maximum atomic E-state index is 11.4. The van der Waals surface area contributed by atoms with Gasteiger partial charge in [-0.1, -0.05) is 0 Å². The lowest BCUT2D eigenvalue weighted by atomic mass is 10.3. The highest BCUT2D eigenvalue weighted by atomic mass is 32.2. The van der Waals surface area contributed by atoms with Gasteiger partial charge in [0.15, 0.2) is 0 Å². The minimum atomic E-state index is -0.892. The van der Waals surface area contributed by atoms with Crippen LogP contribution in [0.4, 0.5) is 0 Å². The number of carboxylic acid groups (broad SMARTS) is 1. The van der Waals surface area contributed by atoms with Crippen LogP contribution in [-0.4, -0.2) is 28.8 Å². The van der Waals surface area contributed by atoms with Crippen molar-refractivity contribution >= 4 is 35.0 Å². The van der Waals surface area contributed by atoms with E-state index < -0.39 is 5.97 Å². The number of carbonyl (C=O) groups excluding carboxylic acids is 1. The van der Waals surface area contributed by atoms with Gasteiger partial charge in [-0.2, -0.15) is 0 Å². The van der Waals surface area contributed by atoms with E-state index in [0.29, 0.717) is 16.4 Å². The van der Waals surface area contributed by atoms with Crippen molar-refractivity contribution in [1.29, 1.82) is 0 Å². The van der Waals surface area contributed by atoms with Gasteiger partial charge in [-0.3, -0.25) is 4.79 Å². The normalized spacial score (nSPS) is 10.7. The minimum absolute atomic E-state index is 0.0151. The number of thioether (sulfide) groups is 1. The minimum Gasteiger partial charge on any atom is -0.477 e. The van der Waals surface area contributed by atoms with Crippen molar-refractivity contribution in [3.05, 3.63) is 21.4 Å². The fraction of sp³-hybridized carbons (Fsp3) is 0.500. The molecular weight excluding hydrogens is 270 g/mol. The van der Waals surface area contributed by atoms with Gasteiger partial charge in [0.25, 0.3) is 0 Å². The van der Waals surface area contributed by atoms with Crippen LogP contribution in [0.2, 0.25) is 0 Å². The number of rotatable bonds is 6. The van der Waals surface area contributed by atoms with E-state index in [0.717, 1.165) is 10.4 Å². The summed E-state index contributed by atoms with van der Waals surface area (Å²) in [4.78, 5) is 23.6. The highest BCUT2D eigenvalue weighted by molar-refractivity contribution is 7.99. The molecule has 0 aliphatic rings. The van der Waals surface area contributed by atoms with Crippen LogP contribution in [0.1, 0.15) is 34.0 Å². The second-order valence-electron chi connectivity index (χ2n) is 4.21. The summed E-state index contributed by atoms with van der Waals surface area (Å²) in [6, 6.07) is 1.84. The van der Waals surface area contributed by atoms with Gasteiger partial charge < -0.3 is 10.4 Å². The fourth-order valence-electron chi connectivity index (χ4n) is 1.39. The molecule has 0 aliphatic heterocycles. The predicted molar refractivity (Wildman–Crippen MR) is 75.5 cm³/mol. The van der Waals surface area contributed by atoms with Gasteiger partial charge in [0.2, 0.25) is 5.91 Å². The molecule has 100 valence electrons. The van der Waals surface area contributed by atoms with Gasteiger partial charge in [-0.25, -0.2) is 4.79 Å². The van der Waals surface area contributed by atoms with Gasteiger partial charge in [-0.05, 0) is 32.4 Å². The Morgan fingerprint density at radius 2 is 2.17 bits per heavy atom. The highest BCUT2D eigenvalue weighted by Gasteiger charge is 2.11. The zero-order valence-corrected chi connectivity index (χ0v) is 12.3. The second kappa shape index (κ2) is 6.80. The highest BCUT2D eigenvalue weighted by Crippen LogP contribution is 2.25. The first kappa shape index (κ1) is 15.0. The Balaban J connectivity index is 2.44. The summed E-state index contributed by atoms with van der Waals surface area (Å²) in [7, 11) is 0. The summed E-state index contributed by atoms with van der Waals surface area (Å²) in [5.41, 5.74) is 1.000. The number of thiophene rings is 1. The van der Waals surface area contributed by atoms with Crippen molar-refractivity contribution in [1.82, 2.24) is 5.32 Å². The Labute approximate surface area is 115 Å². The summed E-state index contributed by atoms with van der Waals surface area (Å²) >= 11 is 2.78. The molecule has 4 nitrogen and oxygen atoms in total. The molecule has 0 spiro atoms. The Morgan fingerprint density at radius 3 is 2.67 bits per heavy atom. The number of carboxylic acids is 1. The molecule has 0 unspecified atom stereocenters. The largest absolute Gasteiger partial charge is 0.477 e. The van der Waals surface area contributed by atoms with E-state index in [1.165, 1.54) is 23.1 Å².